The summed E-state index contributed by atoms with van der Waals surface area (Å²) >= 11 is 0. The highest BCUT2D eigenvalue weighted by molar-refractivity contribution is 7.89. The van der Waals surface area contributed by atoms with Gasteiger partial charge in [-0.25, -0.2) is 13.1 Å². The molecule has 0 aromatic heterocycles. The average molecular weight is 318 g/mol. The zero-order valence-electron chi connectivity index (χ0n) is 13.0. The Bertz CT molecular complexity index is 741. The van der Waals surface area contributed by atoms with Crippen LogP contribution in [0.4, 0.5) is 5.69 Å². The Morgan fingerprint density at radius 3 is 2.41 bits per heavy atom. The zero-order chi connectivity index (χ0) is 16.2. The summed E-state index contributed by atoms with van der Waals surface area (Å²) in [5.74, 6) is 0. The van der Waals surface area contributed by atoms with Crippen molar-refractivity contribution >= 4 is 15.7 Å². The Morgan fingerprint density at radius 1 is 1.09 bits per heavy atom. The van der Waals surface area contributed by atoms with Gasteiger partial charge in [-0.2, -0.15) is 0 Å². The molecule has 0 radical (unpaired) electrons. The molecule has 0 aliphatic heterocycles. The van der Waals surface area contributed by atoms with Crippen molar-refractivity contribution in [3.63, 3.8) is 0 Å². The topological polar surface area (TPSA) is 72.2 Å². The van der Waals surface area contributed by atoms with Gasteiger partial charge in [0.2, 0.25) is 10.0 Å². The standard InChI is InChI=1S/C17H22N2O2S/c1-3-4-12-19-22(20,21)16-11-10-15(13(2)17(16)18)14-8-6-5-7-9-14/h5-11,19H,3-4,12,18H2,1-2H3. The molecule has 5 heteroatoms. The molecule has 4 nitrogen and oxygen atoms in total. The van der Waals surface area contributed by atoms with Gasteiger partial charge in [0.15, 0.2) is 0 Å². The zero-order valence-corrected chi connectivity index (χ0v) is 13.8. The molecule has 0 amide bonds. The molecule has 0 aliphatic carbocycles. The van der Waals surface area contributed by atoms with Gasteiger partial charge >= 0.3 is 0 Å². The number of benzene rings is 2. The Labute approximate surface area is 132 Å². The third kappa shape index (κ3) is 3.48. The van der Waals surface area contributed by atoms with Gasteiger partial charge in [0, 0.05) is 6.54 Å². The first-order chi connectivity index (χ1) is 10.5. The van der Waals surface area contributed by atoms with E-state index in [2.05, 4.69) is 4.72 Å². The van der Waals surface area contributed by atoms with Crippen molar-refractivity contribution in [2.24, 2.45) is 0 Å². The van der Waals surface area contributed by atoms with Crippen LogP contribution in [0.1, 0.15) is 25.3 Å². The van der Waals surface area contributed by atoms with Crippen LogP contribution >= 0.6 is 0 Å². The lowest BCUT2D eigenvalue weighted by Gasteiger charge is -2.14. The minimum absolute atomic E-state index is 0.154. The van der Waals surface area contributed by atoms with E-state index in [0.29, 0.717) is 12.2 Å². The summed E-state index contributed by atoms with van der Waals surface area (Å²) in [6, 6.07) is 13.2. The Morgan fingerprint density at radius 2 is 1.77 bits per heavy atom. The molecule has 2 rings (SSSR count). The molecule has 3 N–H and O–H groups in total. The second-order valence-corrected chi connectivity index (χ2v) is 7.00. The normalized spacial score (nSPS) is 11.5. The molecule has 0 saturated carbocycles. The molecule has 0 atom stereocenters. The molecule has 2 aromatic rings. The predicted molar refractivity (Wildman–Crippen MR) is 91.1 cm³/mol. The number of hydrogen-bond donors (Lipinski definition) is 2. The van der Waals surface area contributed by atoms with Crippen LogP contribution in [0.3, 0.4) is 0 Å². The molecule has 0 unspecified atom stereocenters. The van der Waals surface area contributed by atoms with E-state index in [9.17, 15) is 8.42 Å². The van der Waals surface area contributed by atoms with Gasteiger partial charge in [-0.05, 0) is 36.1 Å². The lowest BCUT2D eigenvalue weighted by molar-refractivity contribution is 0.578. The third-order valence-corrected chi connectivity index (χ3v) is 5.19. The van der Waals surface area contributed by atoms with Crippen LogP contribution < -0.4 is 10.5 Å². The molecule has 118 valence electrons. The van der Waals surface area contributed by atoms with Gasteiger partial charge in [0.25, 0.3) is 0 Å². The van der Waals surface area contributed by atoms with Crippen molar-refractivity contribution in [1.82, 2.24) is 4.72 Å². The van der Waals surface area contributed by atoms with Crippen LogP contribution in [0.15, 0.2) is 47.4 Å². The van der Waals surface area contributed by atoms with E-state index < -0.39 is 10.0 Å². The highest BCUT2D eigenvalue weighted by Gasteiger charge is 2.19. The molecule has 22 heavy (non-hydrogen) atoms. The number of hydrogen-bond acceptors (Lipinski definition) is 3. The van der Waals surface area contributed by atoms with Gasteiger partial charge in [-0.15, -0.1) is 0 Å². The van der Waals surface area contributed by atoms with Crippen molar-refractivity contribution in [3.05, 3.63) is 48.0 Å². The van der Waals surface area contributed by atoms with E-state index >= 15 is 0 Å². The van der Waals surface area contributed by atoms with Crippen LogP contribution in [0, 0.1) is 6.92 Å². The maximum Gasteiger partial charge on any atom is 0.242 e. The fraction of sp³-hybridized carbons (Fsp3) is 0.294. The first-order valence-electron chi connectivity index (χ1n) is 7.41. The number of unbranched alkanes of at least 4 members (excludes halogenated alkanes) is 1. The van der Waals surface area contributed by atoms with Gasteiger partial charge in [0.1, 0.15) is 4.90 Å². The maximum absolute atomic E-state index is 12.3. The van der Waals surface area contributed by atoms with Gasteiger partial charge in [-0.1, -0.05) is 49.7 Å². The van der Waals surface area contributed by atoms with Crippen LogP contribution in [0.2, 0.25) is 0 Å². The fourth-order valence-electron chi connectivity index (χ4n) is 2.33. The summed E-state index contributed by atoms with van der Waals surface area (Å²) in [4.78, 5) is 0.154. The van der Waals surface area contributed by atoms with Crippen molar-refractivity contribution in [1.29, 1.82) is 0 Å². The summed E-state index contributed by atoms with van der Waals surface area (Å²) in [7, 11) is -3.56. The number of anilines is 1. The quantitative estimate of drug-likeness (QED) is 0.634. The smallest absolute Gasteiger partial charge is 0.242 e. The number of nitrogen functional groups attached to an aromatic ring is 1. The number of rotatable bonds is 6. The molecule has 0 bridgehead atoms. The number of nitrogens with two attached hydrogens (primary N) is 1. The van der Waals surface area contributed by atoms with Crippen molar-refractivity contribution in [2.75, 3.05) is 12.3 Å². The second kappa shape index (κ2) is 6.94. The van der Waals surface area contributed by atoms with Crippen molar-refractivity contribution < 1.29 is 8.42 Å². The molecule has 0 fully saturated rings. The molecule has 2 aromatic carbocycles. The number of sulfonamides is 1. The van der Waals surface area contributed by atoms with Crippen LogP contribution in [0.25, 0.3) is 11.1 Å². The summed E-state index contributed by atoms with van der Waals surface area (Å²) in [5, 5.41) is 0. The SMILES string of the molecule is CCCCNS(=O)(=O)c1ccc(-c2ccccc2)c(C)c1N. The van der Waals surface area contributed by atoms with E-state index in [-0.39, 0.29) is 4.90 Å². The highest BCUT2D eigenvalue weighted by Crippen LogP contribution is 2.31. The Balaban J connectivity index is 2.39. The first-order valence-corrected chi connectivity index (χ1v) is 8.90. The fourth-order valence-corrected chi connectivity index (χ4v) is 3.59. The van der Waals surface area contributed by atoms with Gasteiger partial charge < -0.3 is 5.73 Å². The maximum atomic E-state index is 12.3. The molecular weight excluding hydrogens is 296 g/mol. The van der Waals surface area contributed by atoms with E-state index in [4.69, 9.17) is 5.73 Å². The molecular formula is C17H22N2O2S. The van der Waals surface area contributed by atoms with Gasteiger partial charge in [0.05, 0.1) is 5.69 Å². The highest BCUT2D eigenvalue weighted by atomic mass is 32.2. The van der Waals surface area contributed by atoms with E-state index in [1.165, 1.54) is 0 Å². The Kier molecular flexibility index (Phi) is 5.21. The Hall–Kier alpha value is -1.85. The van der Waals surface area contributed by atoms with Crippen LogP contribution in [-0.2, 0) is 10.0 Å². The van der Waals surface area contributed by atoms with E-state index in [0.717, 1.165) is 29.5 Å². The molecule has 0 heterocycles. The first kappa shape index (κ1) is 16.5. The molecule has 0 spiro atoms. The predicted octanol–water partition coefficient (Wildman–Crippen LogP) is 3.32. The van der Waals surface area contributed by atoms with Crippen LogP contribution in [0.5, 0.6) is 0 Å². The third-order valence-electron chi connectivity index (χ3n) is 3.67. The summed E-state index contributed by atoms with van der Waals surface area (Å²) in [5.41, 5.74) is 9.16. The van der Waals surface area contributed by atoms with Crippen LogP contribution in [-0.4, -0.2) is 15.0 Å². The van der Waals surface area contributed by atoms with Crippen molar-refractivity contribution in [3.8, 4) is 11.1 Å². The monoisotopic (exact) mass is 318 g/mol. The summed E-state index contributed by atoms with van der Waals surface area (Å²) in [6.45, 7) is 4.29. The van der Waals surface area contributed by atoms with Gasteiger partial charge in [-0.3, -0.25) is 0 Å². The summed E-state index contributed by atoms with van der Waals surface area (Å²) < 4.78 is 27.3. The molecule has 0 aliphatic rings. The van der Waals surface area contributed by atoms with E-state index in [1.807, 2.05) is 50.2 Å². The number of nitrogens with one attached hydrogen (secondary N) is 1. The minimum Gasteiger partial charge on any atom is -0.397 e. The van der Waals surface area contributed by atoms with Crippen molar-refractivity contribution in [2.45, 2.75) is 31.6 Å². The largest absolute Gasteiger partial charge is 0.397 e. The lowest BCUT2D eigenvalue weighted by atomic mass is 9.99. The minimum atomic E-state index is -3.56. The second-order valence-electron chi connectivity index (χ2n) is 5.27. The molecule has 0 saturated heterocycles. The summed E-state index contributed by atoms with van der Waals surface area (Å²) in [6.07, 6.45) is 1.74. The van der Waals surface area contributed by atoms with E-state index in [1.54, 1.807) is 6.07 Å². The lowest BCUT2D eigenvalue weighted by Crippen LogP contribution is -2.25. The average Bonchev–Trinajstić information content (AvgIpc) is 2.50.